The lowest BCUT2D eigenvalue weighted by Crippen LogP contribution is -2.51. The Hall–Kier alpha value is -1.21. The molecule has 0 aromatic carbocycles. The smallest absolute Gasteiger partial charge is 0.343 e. The van der Waals surface area contributed by atoms with Crippen LogP contribution >= 0.6 is 11.3 Å². The molecule has 4 bridgehead atoms. The highest BCUT2D eigenvalue weighted by atomic mass is 32.1. The highest BCUT2D eigenvalue weighted by Gasteiger charge is 2.50. The van der Waals surface area contributed by atoms with Crippen molar-refractivity contribution in [2.24, 2.45) is 28.2 Å². The van der Waals surface area contributed by atoms with Gasteiger partial charge in [-0.2, -0.15) is 10.1 Å². The minimum Gasteiger partial charge on any atom is -0.376 e. The summed E-state index contributed by atoms with van der Waals surface area (Å²) < 4.78 is 7.69. The van der Waals surface area contributed by atoms with Crippen molar-refractivity contribution in [2.45, 2.75) is 90.2 Å². The van der Waals surface area contributed by atoms with Crippen molar-refractivity contribution in [3.8, 4) is 0 Å². The number of hydrogen-bond donors (Lipinski definition) is 1. The van der Waals surface area contributed by atoms with Gasteiger partial charge in [0.25, 0.3) is 0 Å². The van der Waals surface area contributed by atoms with Crippen LogP contribution in [0.25, 0.3) is 0 Å². The Balaban J connectivity index is 1.31. The number of carbonyl (C=O) groups is 1. The Kier molecular flexibility index (Phi) is 5.33. The van der Waals surface area contributed by atoms with Crippen LogP contribution in [0, 0.1) is 23.2 Å². The summed E-state index contributed by atoms with van der Waals surface area (Å²) in [4.78, 5) is 18.0. The molecule has 6 rings (SSSR count). The van der Waals surface area contributed by atoms with E-state index in [2.05, 4.69) is 31.1 Å². The molecular weight excluding hydrogens is 396 g/mol. The number of aromatic nitrogens is 2. The van der Waals surface area contributed by atoms with Gasteiger partial charge in [-0.05, 0) is 74.5 Å². The molecule has 1 saturated heterocycles. The number of nitrogens with zero attached hydrogens (tertiary/aromatic N) is 3. The van der Waals surface area contributed by atoms with Gasteiger partial charge in [-0.1, -0.05) is 32.1 Å². The molecule has 2 amide bonds. The lowest BCUT2D eigenvalue weighted by molar-refractivity contribution is -0.0497. The monoisotopic (exact) mass is 432 g/mol. The Morgan fingerprint density at radius 3 is 2.47 bits per heavy atom. The summed E-state index contributed by atoms with van der Waals surface area (Å²) in [6, 6.07) is -0.212. The Morgan fingerprint density at radius 1 is 1.23 bits per heavy atom. The van der Waals surface area contributed by atoms with Gasteiger partial charge >= 0.3 is 6.03 Å². The second kappa shape index (κ2) is 7.73. The number of carbonyl (C=O) groups excluding carboxylic acids is 1. The summed E-state index contributed by atoms with van der Waals surface area (Å²) in [6.07, 6.45) is 10.5. The molecule has 1 atom stereocenters. The average molecular weight is 433 g/mol. The molecule has 0 spiro atoms. The Morgan fingerprint density at radius 2 is 1.90 bits per heavy atom. The van der Waals surface area contributed by atoms with Crippen LogP contribution in [-0.4, -0.2) is 35.1 Å². The summed E-state index contributed by atoms with van der Waals surface area (Å²) >= 11 is 1.53. The molecule has 4 aliphatic carbocycles. The van der Waals surface area contributed by atoms with Gasteiger partial charge in [0.15, 0.2) is 0 Å². The van der Waals surface area contributed by atoms with E-state index in [1.165, 1.54) is 49.9 Å². The molecule has 7 heteroatoms. The van der Waals surface area contributed by atoms with Crippen molar-refractivity contribution in [1.29, 1.82) is 0 Å². The zero-order valence-corrected chi connectivity index (χ0v) is 19.5. The largest absolute Gasteiger partial charge is 0.376 e. The van der Waals surface area contributed by atoms with E-state index in [0.29, 0.717) is 16.8 Å². The lowest BCUT2D eigenvalue weighted by Gasteiger charge is -2.56. The van der Waals surface area contributed by atoms with Gasteiger partial charge < -0.3 is 10.1 Å². The van der Waals surface area contributed by atoms with E-state index < -0.39 is 0 Å². The number of ether oxygens (including phenoxy) is 1. The van der Waals surface area contributed by atoms with Gasteiger partial charge in [-0.15, -0.1) is 0 Å². The topological polar surface area (TPSA) is 68.5 Å². The third kappa shape index (κ3) is 4.24. The maximum Gasteiger partial charge on any atom is 0.343 e. The fourth-order valence-electron chi connectivity index (χ4n) is 6.69. The first-order chi connectivity index (χ1) is 14.3. The van der Waals surface area contributed by atoms with Crippen molar-refractivity contribution in [3.05, 3.63) is 9.81 Å². The highest BCUT2D eigenvalue weighted by molar-refractivity contribution is 7.09. The first-order valence-corrected chi connectivity index (χ1v) is 12.6. The van der Waals surface area contributed by atoms with E-state index in [1.807, 2.05) is 4.68 Å². The van der Waals surface area contributed by atoms with Crippen LogP contribution in [-0.2, 0) is 16.7 Å². The fourth-order valence-corrected chi connectivity index (χ4v) is 7.66. The van der Waals surface area contributed by atoms with E-state index in [0.717, 1.165) is 48.8 Å². The number of amides is 2. The number of hydrogen-bond acceptors (Lipinski definition) is 4. The molecule has 0 unspecified atom stereocenters. The summed E-state index contributed by atoms with van der Waals surface area (Å²) in [5.74, 6) is 2.69. The molecule has 1 aromatic rings. The van der Waals surface area contributed by atoms with E-state index in [4.69, 9.17) is 9.84 Å². The summed E-state index contributed by atoms with van der Waals surface area (Å²) in [7, 11) is 0. The highest BCUT2D eigenvalue weighted by Crippen LogP contribution is 2.59. The standard InChI is InChI=1S/C23H36N4O2S/c1-22(2,3)19-26-27(13-18-5-4-6-29-18)21(30-19)25-20(28)24-14-23-10-15-7-16(11-23)9-17(8-15)12-23/h15-18H,4-14H2,1-3H3,(H,24,28)/t15?,16?,17?,18-,23?/m1/s1. The van der Waals surface area contributed by atoms with E-state index in [9.17, 15) is 4.79 Å². The van der Waals surface area contributed by atoms with Crippen LogP contribution in [0.5, 0.6) is 0 Å². The van der Waals surface area contributed by atoms with Gasteiger partial charge in [0.2, 0.25) is 4.80 Å². The van der Waals surface area contributed by atoms with Crippen LogP contribution in [0.3, 0.4) is 0 Å². The van der Waals surface area contributed by atoms with Crippen LogP contribution in [0.2, 0.25) is 0 Å². The number of urea groups is 1. The van der Waals surface area contributed by atoms with Crippen molar-refractivity contribution in [3.63, 3.8) is 0 Å². The van der Waals surface area contributed by atoms with Crippen LogP contribution < -0.4 is 10.1 Å². The van der Waals surface area contributed by atoms with Crippen molar-refractivity contribution < 1.29 is 9.53 Å². The molecule has 5 aliphatic rings. The predicted octanol–water partition coefficient (Wildman–Crippen LogP) is 4.25. The van der Waals surface area contributed by atoms with Crippen LogP contribution in [0.4, 0.5) is 4.79 Å². The normalized spacial score (nSPS) is 35.9. The number of rotatable bonds is 4. The maximum atomic E-state index is 12.8. The molecule has 1 N–H and O–H groups in total. The summed E-state index contributed by atoms with van der Waals surface area (Å²) in [5.41, 5.74) is 0.268. The van der Waals surface area contributed by atoms with Gasteiger partial charge in [0, 0.05) is 18.6 Å². The molecule has 2 heterocycles. The predicted molar refractivity (Wildman–Crippen MR) is 117 cm³/mol. The first-order valence-electron chi connectivity index (χ1n) is 11.8. The molecule has 166 valence electrons. The SMILES string of the molecule is CC(C)(C)c1nn(C[C@H]2CCCO2)c(=NC(=O)NCC23CC4CC(CC(C4)C2)C3)s1. The third-order valence-corrected chi connectivity index (χ3v) is 9.01. The molecule has 6 nitrogen and oxygen atoms in total. The third-order valence-electron chi connectivity index (χ3n) is 7.64. The maximum absolute atomic E-state index is 12.8. The molecule has 4 saturated carbocycles. The van der Waals surface area contributed by atoms with Crippen LogP contribution in [0.15, 0.2) is 4.99 Å². The Labute approximate surface area is 183 Å². The first kappa shape index (κ1) is 20.7. The van der Waals surface area contributed by atoms with E-state index in [1.54, 1.807) is 0 Å². The summed E-state index contributed by atoms with van der Waals surface area (Å²) in [6.45, 7) is 8.74. The molecule has 0 radical (unpaired) electrons. The van der Waals surface area contributed by atoms with Gasteiger partial charge in [-0.3, -0.25) is 0 Å². The molecule has 1 aliphatic heterocycles. The van der Waals surface area contributed by atoms with Crippen molar-refractivity contribution in [1.82, 2.24) is 15.1 Å². The summed E-state index contributed by atoms with van der Waals surface area (Å²) in [5, 5.41) is 8.99. The van der Waals surface area contributed by atoms with Crippen LogP contribution in [0.1, 0.15) is 77.1 Å². The Bertz CT molecular complexity index is 824. The van der Waals surface area contributed by atoms with E-state index in [-0.39, 0.29) is 17.6 Å². The fraction of sp³-hybridized carbons (Fsp3) is 0.870. The molecule has 30 heavy (non-hydrogen) atoms. The number of nitrogens with one attached hydrogen (secondary N) is 1. The second-order valence-corrected chi connectivity index (χ2v) is 12.4. The molecular formula is C23H36N4O2S. The van der Waals surface area contributed by atoms with Gasteiger partial charge in [0.1, 0.15) is 5.01 Å². The molecule has 1 aromatic heterocycles. The lowest BCUT2D eigenvalue weighted by atomic mass is 9.49. The van der Waals surface area contributed by atoms with Gasteiger partial charge in [0.05, 0.1) is 12.6 Å². The van der Waals surface area contributed by atoms with Crippen molar-refractivity contribution >= 4 is 17.4 Å². The quantitative estimate of drug-likeness (QED) is 0.773. The average Bonchev–Trinajstić information content (AvgIpc) is 3.30. The zero-order valence-electron chi connectivity index (χ0n) is 18.7. The minimum absolute atomic E-state index is 0.0631. The van der Waals surface area contributed by atoms with Crippen molar-refractivity contribution in [2.75, 3.05) is 13.2 Å². The minimum atomic E-state index is -0.212. The van der Waals surface area contributed by atoms with Gasteiger partial charge in [-0.25, -0.2) is 9.48 Å². The van der Waals surface area contributed by atoms with E-state index >= 15 is 0 Å². The second-order valence-electron chi connectivity index (χ2n) is 11.4. The zero-order chi connectivity index (χ0) is 20.9. The molecule has 5 fully saturated rings.